The number of aromatic nitrogens is 1. The van der Waals surface area contributed by atoms with Gasteiger partial charge in [-0.2, -0.15) is 4.31 Å². The number of nitrogens with one attached hydrogen (secondary N) is 1. The van der Waals surface area contributed by atoms with Crippen LogP contribution in [0.25, 0.3) is 10.2 Å². The van der Waals surface area contributed by atoms with Crippen molar-refractivity contribution in [1.29, 1.82) is 0 Å². The third-order valence-electron chi connectivity index (χ3n) is 5.00. The number of carbonyl (C=O) groups is 1. The molecule has 1 aliphatic rings. The predicted octanol–water partition coefficient (Wildman–Crippen LogP) is 4.77. The SMILES string of the molecule is O=C(Nc1ccc(Cl)c2ncsc12)c1ccc(S(=O)(=O)N2CCCCCC2)cc1. The highest BCUT2D eigenvalue weighted by Crippen LogP contribution is 2.32. The summed E-state index contributed by atoms with van der Waals surface area (Å²) in [5.74, 6) is -0.319. The van der Waals surface area contributed by atoms with Crippen LogP contribution in [0.1, 0.15) is 36.0 Å². The number of rotatable bonds is 4. The summed E-state index contributed by atoms with van der Waals surface area (Å²) >= 11 is 7.52. The Morgan fingerprint density at radius 1 is 1.03 bits per heavy atom. The van der Waals surface area contributed by atoms with Crippen LogP contribution in [-0.2, 0) is 10.0 Å². The second kappa shape index (κ2) is 8.39. The van der Waals surface area contributed by atoms with Gasteiger partial charge in [-0.05, 0) is 49.2 Å². The molecular weight excluding hydrogens is 430 g/mol. The molecule has 6 nitrogen and oxygen atoms in total. The molecule has 0 atom stereocenters. The average molecular weight is 450 g/mol. The molecule has 0 bridgehead atoms. The van der Waals surface area contributed by atoms with Crippen LogP contribution in [0, 0.1) is 0 Å². The average Bonchev–Trinajstić information content (AvgIpc) is 3.06. The van der Waals surface area contributed by atoms with E-state index in [1.165, 1.54) is 23.5 Å². The van der Waals surface area contributed by atoms with E-state index in [2.05, 4.69) is 10.3 Å². The summed E-state index contributed by atoms with van der Waals surface area (Å²) in [5, 5.41) is 3.39. The first kappa shape index (κ1) is 20.3. The molecule has 9 heteroatoms. The molecule has 3 aromatic rings. The number of fused-ring (bicyclic) bond motifs is 1. The van der Waals surface area contributed by atoms with Crippen molar-refractivity contribution >= 4 is 54.8 Å². The quantitative estimate of drug-likeness (QED) is 0.622. The van der Waals surface area contributed by atoms with Crippen molar-refractivity contribution in [1.82, 2.24) is 9.29 Å². The highest BCUT2D eigenvalue weighted by atomic mass is 35.5. The van der Waals surface area contributed by atoms with Gasteiger partial charge < -0.3 is 5.32 Å². The van der Waals surface area contributed by atoms with Crippen molar-refractivity contribution < 1.29 is 13.2 Å². The molecule has 0 saturated carbocycles. The van der Waals surface area contributed by atoms with E-state index in [4.69, 9.17) is 11.6 Å². The number of hydrogen-bond donors (Lipinski definition) is 1. The minimum absolute atomic E-state index is 0.215. The van der Waals surface area contributed by atoms with Gasteiger partial charge in [0.2, 0.25) is 10.0 Å². The van der Waals surface area contributed by atoms with Crippen molar-refractivity contribution in [3.8, 4) is 0 Å². The van der Waals surface area contributed by atoms with E-state index in [1.807, 2.05) is 0 Å². The molecule has 1 fully saturated rings. The van der Waals surface area contributed by atoms with Gasteiger partial charge in [0, 0.05) is 18.7 Å². The monoisotopic (exact) mass is 449 g/mol. The van der Waals surface area contributed by atoms with E-state index in [0.717, 1.165) is 30.4 Å². The third-order valence-corrected chi connectivity index (χ3v) is 8.08. The van der Waals surface area contributed by atoms with E-state index in [0.29, 0.717) is 34.9 Å². The van der Waals surface area contributed by atoms with Crippen molar-refractivity contribution in [2.24, 2.45) is 0 Å². The van der Waals surface area contributed by atoms with Crippen LogP contribution in [0.3, 0.4) is 0 Å². The van der Waals surface area contributed by atoms with Gasteiger partial charge in [0.1, 0.15) is 5.52 Å². The summed E-state index contributed by atoms with van der Waals surface area (Å²) in [6.07, 6.45) is 3.88. The van der Waals surface area contributed by atoms with Gasteiger partial charge in [-0.25, -0.2) is 13.4 Å². The molecule has 1 aliphatic heterocycles. The molecule has 2 heterocycles. The van der Waals surface area contributed by atoms with Gasteiger partial charge in [-0.15, -0.1) is 11.3 Å². The zero-order valence-electron chi connectivity index (χ0n) is 15.6. The van der Waals surface area contributed by atoms with Crippen LogP contribution in [0.4, 0.5) is 5.69 Å². The van der Waals surface area contributed by atoms with Crippen LogP contribution in [-0.4, -0.2) is 36.7 Å². The van der Waals surface area contributed by atoms with Gasteiger partial charge >= 0.3 is 0 Å². The zero-order chi connectivity index (χ0) is 20.4. The maximum absolute atomic E-state index is 12.9. The van der Waals surface area contributed by atoms with Crippen LogP contribution in [0.15, 0.2) is 46.8 Å². The van der Waals surface area contributed by atoms with Gasteiger partial charge in [0.05, 0.1) is 25.8 Å². The molecule has 0 unspecified atom stereocenters. The molecule has 29 heavy (non-hydrogen) atoms. The fourth-order valence-electron chi connectivity index (χ4n) is 3.42. The Morgan fingerprint density at radius 3 is 2.41 bits per heavy atom. The number of hydrogen-bond acceptors (Lipinski definition) is 5. The first-order valence-corrected chi connectivity index (χ1v) is 12.1. The number of nitrogens with zero attached hydrogens (tertiary/aromatic N) is 2. The molecule has 0 spiro atoms. The Hall–Kier alpha value is -2.00. The van der Waals surface area contributed by atoms with Crippen LogP contribution in [0.5, 0.6) is 0 Å². The molecule has 1 N–H and O–H groups in total. The molecule has 0 aliphatic carbocycles. The molecule has 1 aromatic heterocycles. The Labute approximate surface area is 178 Å². The lowest BCUT2D eigenvalue weighted by atomic mass is 10.2. The smallest absolute Gasteiger partial charge is 0.255 e. The molecule has 1 saturated heterocycles. The summed E-state index contributed by atoms with van der Waals surface area (Å²) in [6.45, 7) is 1.10. The van der Waals surface area contributed by atoms with Crippen LogP contribution < -0.4 is 5.32 Å². The van der Waals surface area contributed by atoms with Crippen molar-refractivity contribution in [2.75, 3.05) is 18.4 Å². The molecule has 4 rings (SSSR count). The predicted molar refractivity (Wildman–Crippen MR) is 116 cm³/mol. The maximum atomic E-state index is 12.9. The normalized spacial score (nSPS) is 15.9. The maximum Gasteiger partial charge on any atom is 0.255 e. The van der Waals surface area contributed by atoms with Crippen LogP contribution >= 0.6 is 22.9 Å². The van der Waals surface area contributed by atoms with Gasteiger partial charge in [0.25, 0.3) is 5.91 Å². The van der Waals surface area contributed by atoms with Crippen molar-refractivity contribution in [3.63, 3.8) is 0 Å². The minimum Gasteiger partial charge on any atom is -0.321 e. The van der Waals surface area contributed by atoms with E-state index >= 15 is 0 Å². The number of anilines is 1. The summed E-state index contributed by atoms with van der Waals surface area (Å²) in [4.78, 5) is 17.1. The van der Waals surface area contributed by atoms with Crippen LogP contribution in [0.2, 0.25) is 5.02 Å². The first-order chi connectivity index (χ1) is 14.0. The topological polar surface area (TPSA) is 79.4 Å². The second-order valence-electron chi connectivity index (χ2n) is 6.92. The summed E-state index contributed by atoms with van der Waals surface area (Å²) in [7, 11) is -3.53. The summed E-state index contributed by atoms with van der Waals surface area (Å²) < 4.78 is 28.1. The number of halogens is 1. The Bertz CT molecular complexity index is 1140. The lowest BCUT2D eigenvalue weighted by Crippen LogP contribution is -2.31. The van der Waals surface area contributed by atoms with Gasteiger partial charge in [-0.3, -0.25) is 4.79 Å². The fourth-order valence-corrected chi connectivity index (χ4v) is 5.98. The fraction of sp³-hybridized carbons (Fsp3) is 0.300. The number of carbonyl (C=O) groups excluding carboxylic acids is 1. The summed E-state index contributed by atoms with van der Waals surface area (Å²) in [6, 6.07) is 9.51. The lowest BCUT2D eigenvalue weighted by Gasteiger charge is -2.20. The first-order valence-electron chi connectivity index (χ1n) is 9.40. The molecule has 1 amide bonds. The number of sulfonamides is 1. The standard InChI is InChI=1S/C20H20ClN3O3S2/c21-16-9-10-17(19-18(16)22-13-28-19)23-20(25)14-5-7-15(8-6-14)29(26,27)24-11-3-1-2-4-12-24/h5-10,13H,1-4,11-12H2,(H,23,25). The second-order valence-corrected chi connectivity index (χ2v) is 10.1. The van der Waals surface area contributed by atoms with E-state index in [-0.39, 0.29) is 10.8 Å². The zero-order valence-corrected chi connectivity index (χ0v) is 18.0. The molecule has 0 radical (unpaired) electrons. The van der Waals surface area contributed by atoms with E-state index in [1.54, 1.807) is 34.1 Å². The third kappa shape index (κ3) is 4.16. The Morgan fingerprint density at radius 2 is 1.72 bits per heavy atom. The van der Waals surface area contributed by atoms with E-state index < -0.39 is 10.0 Å². The minimum atomic E-state index is -3.53. The Kier molecular flexibility index (Phi) is 5.87. The van der Waals surface area contributed by atoms with Gasteiger partial charge in [-0.1, -0.05) is 24.4 Å². The number of thiazole rings is 1. The lowest BCUT2D eigenvalue weighted by molar-refractivity contribution is 0.102. The molecule has 2 aromatic carbocycles. The van der Waals surface area contributed by atoms with Crippen molar-refractivity contribution in [3.05, 3.63) is 52.5 Å². The number of amides is 1. The van der Waals surface area contributed by atoms with Crippen molar-refractivity contribution in [2.45, 2.75) is 30.6 Å². The van der Waals surface area contributed by atoms with Gasteiger partial charge in [0.15, 0.2) is 0 Å². The Balaban J connectivity index is 1.53. The largest absolute Gasteiger partial charge is 0.321 e. The highest BCUT2D eigenvalue weighted by Gasteiger charge is 2.25. The summed E-state index contributed by atoms with van der Waals surface area (Å²) in [5.41, 5.74) is 3.33. The number of benzene rings is 2. The highest BCUT2D eigenvalue weighted by molar-refractivity contribution is 7.89. The van der Waals surface area contributed by atoms with E-state index in [9.17, 15) is 13.2 Å². The molecule has 152 valence electrons. The molecular formula is C20H20ClN3O3S2.